The van der Waals surface area contributed by atoms with Crippen LogP contribution in [-0.2, 0) is 16.1 Å². The molecule has 3 rings (SSSR count). The monoisotopic (exact) mass is 314 g/mol. The zero-order valence-electron chi connectivity index (χ0n) is 12.3. The lowest BCUT2D eigenvalue weighted by Crippen LogP contribution is -2.43. The number of aliphatic carboxylic acids is 1. The first-order valence-corrected chi connectivity index (χ1v) is 6.88. The molecule has 7 nitrogen and oxygen atoms in total. The third-order valence-corrected chi connectivity index (χ3v) is 3.97. The average molecular weight is 314 g/mol. The molecular weight excluding hydrogens is 300 g/mol. The second-order valence-electron chi connectivity index (χ2n) is 5.26. The summed E-state index contributed by atoms with van der Waals surface area (Å²) in [5.74, 6) is -3.44. The minimum Gasteiger partial charge on any atom is -0.478 e. The first kappa shape index (κ1) is 14.8. The van der Waals surface area contributed by atoms with E-state index in [1.165, 1.54) is 6.07 Å². The van der Waals surface area contributed by atoms with Gasteiger partial charge in [0.05, 0.1) is 22.2 Å². The van der Waals surface area contributed by atoms with Gasteiger partial charge in [-0.3, -0.25) is 9.59 Å². The molecule has 1 aromatic heterocycles. The SMILES string of the molecule is C=CCn1c(C)c(N)c2c3c(ccc21)C(=O)C(=O)C(C(=O)O)O3. The maximum Gasteiger partial charge on any atom is 0.353 e. The summed E-state index contributed by atoms with van der Waals surface area (Å²) in [4.78, 5) is 35.1. The maximum atomic E-state index is 12.1. The molecule has 0 bridgehead atoms. The van der Waals surface area contributed by atoms with E-state index in [0.29, 0.717) is 23.1 Å². The number of carboxylic acids is 1. The van der Waals surface area contributed by atoms with Gasteiger partial charge in [-0.25, -0.2) is 4.79 Å². The van der Waals surface area contributed by atoms with E-state index in [-0.39, 0.29) is 11.3 Å². The highest BCUT2D eigenvalue weighted by molar-refractivity contribution is 6.49. The van der Waals surface area contributed by atoms with Gasteiger partial charge >= 0.3 is 5.97 Å². The maximum absolute atomic E-state index is 12.1. The van der Waals surface area contributed by atoms with Crippen LogP contribution in [0.3, 0.4) is 0 Å². The number of Topliss-reactive ketones (excluding diaryl/α,β-unsaturated/α-hetero) is 2. The van der Waals surface area contributed by atoms with Crippen LogP contribution in [0.15, 0.2) is 24.8 Å². The van der Waals surface area contributed by atoms with Gasteiger partial charge in [-0.05, 0) is 19.1 Å². The molecule has 0 spiro atoms. The Balaban J connectivity index is 2.34. The number of ketones is 2. The Kier molecular flexibility index (Phi) is 3.21. The second-order valence-corrected chi connectivity index (χ2v) is 5.26. The normalized spacial score (nSPS) is 17.0. The lowest BCUT2D eigenvalue weighted by Gasteiger charge is -2.22. The smallest absolute Gasteiger partial charge is 0.353 e. The summed E-state index contributed by atoms with van der Waals surface area (Å²) in [6.45, 7) is 5.98. The van der Waals surface area contributed by atoms with Gasteiger partial charge in [0.25, 0.3) is 11.9 Å². The van der Waals surface area contributed by atoms with Gasteiger partial charge in [-0.1, -0.05) is 6.08 Å². The molecule has 0 saturated carbocycles. The molecule has 3 N–H and O–H groups in total. The lowest BCUT2D eigenvalue weighted by molar-refractivity contribution is -0.149. The minimum absolute atomic E-state index is 0.0300. The van der Waals surface area contributed by atoms with E-state index in [4.69, 9.17) is 15.6 Å². The largest absolute Gasteiger partial charge is 0.478 e. The number of hydrogen-bond acceptors (Lipinski definition) is 5. The summed E-state index contributed by atoms with van der Waals surface area (Å²) in [5.41, 5.74) is 7.95. The summed E-state index contributed by atoms with van der Waals surface area (Å²) in [7, 11) is 0. The highest BCUT2D eigenvalue weighted by atomic mass is 16.5. The number of benzene rings is 1. The molecule has 0 amide bonds. The van der Waals surface area contributed by atoms with Crippen molar-refractivity contribution in [3.63, 3.8) is 0 Å². The quantitative estimate of drug-likeness (QED) is 0.502. The van der Waals surface area contributed by atoms with E-state index in [1.807, 2.05) is 4.57 Å². The molecule has 0 aliphatic carbocycles. The first-order valence-electron chi connectivity index (χ1n) is 6.88. The van der Waals surface area contributed by atoms with Crippen molar-refractivity contribution in [1.29, 1.82) is 0 Å². The highest BCUT2D eigenvalue weighted by Gasteiger charge is 2.41. The Morgan fingerprint density at radius 3 is 2.78 bits per heavy atom. The number of nitrogens with zero attached hydrogens (tertiary/aromatic N) is 1. The molecular formula is C16H14N2O5. The molecule has 7 heteroatoms. The van der Waals surface area contributed by atoms with Crippen molar-refractivity contribution in [1.82, 2.24) is 4.57 Å². The third kappa shape index (κ3) is 1.93. The number of nitrogen functional groups attached to an aromatic ring is 1. The summed E-state index contributed by atoms with van der Waals surface area (Å²) in [6.07, 6.45) is -0.149. The van der Waals surface area contributed by atoms with E-state index < -0.39 is 23.6 Å². The number of carboxylic acid groups (broad SMARTS) is 1. The average Bonchev–Trinajstić information content (AvgIpc) is 2.76. The number of rotatable bonds is 3. The molecule has 1 aliphatic rings. The Morgan fingerprint density at radius 1 is 1.48 bits per heavy atom. The standard InChI is InChI=1S/C16H14N2O5/c1-3-6-18-7(2)11(17)10-9(18)5-4-8-12(19)13(20)15(16(21)22)23-14(8)10/h3-5,15H,1,6,17H2,2H3,(H,21,22). The molecule has 0 radical (unpaired) electrons. The third-order valence-electron chi connectivity index (χ3n) is 3.97. The number of carbonyl (C=O) groups excluding carboxylic acids is 2. The molecule has 1 unspecified atom stereocenters. The fourth-order valence-corrected chi connectivity index (χ4v) is 2.82. The Labute approximate surface area is 130 Å². The molecule has 1 aromatic carbocycles. The van der Waals surface area contributed by atoms with Gasteiger partial charge in [0.2, 0.25) is 5.78 Å². The fraction of sp³-hybridized carbons (Fsp3) is 0.188. The fourth-order valence-electron chi connectivity index (χ4n) is 2.82. The number of anilines is 1. The number of nitrogens with two attached hydrogens (primary N) is 1. The molecule has 23 heavy (non-hydrogen) atoms. The van der Waals surface area contributed by atoms with Crippen molar-refractivity contribution in [2.45, 2.75) is 19.6 Å². The van der Waals surface area contributed by atoms with Crippen molar-refractivity contribution in [3.8, 4) is 5.75 Å². The molecule has 1 atom stereocenters. The molecule has 2 aromatic rings. The van der Waals surface area contributed by atoms with Crippen LogP contribution in [0, 0.1) is 6.92 Å². The van der Waals surface area contributed by atoms with E-state index in [1.54, 1.807) is 19.1 Å². The highest BCUT2D eigenvalue weighted by Crippen LogP contribution is 2.40. The van der Waals surface area contributed by atoms with E-state index in [0.717, 1.165) is 5.69 Å². The Hall–Kier alpha value is -3.09. The van der Waals surface area contributed by atoms with Crippen molar-refractivity contribution in [2.24, 2.45) is 0 Å². The molecule has 1 aliphatic heterocycles. The van der Waals surface area contributed by atoms with E-state index >= 15 is 0 Å². The van der Waals surface area contributed by atoms with Crippen molar-refractivity contribution >= 4 is 34.1 Å². The Morgan fingerprint density at radius 2 is 2.17 bits per heavy atom. The predicted molar refractivity (Wildman–Crippen MR) is 82.7 cm³/mol. The number of aromatic nitrogens is 1. The first-order chi connectivity index (χ1) is 10.9. The van der Waals surface area contributed by atoms with Crippen LogP contribution in [0.2, 0.25) is 0 Å². The van der Waals surface area contributed by atoms with Crippen molar-refractivity contribution < 1.29 is 24.2 Å². The van der Waals surface area contributed by atoms with Crippen molar-refractivity contribution in [2.75, 3.05) is 5.73 Å². The summed E-state index contributed by atoms with van der Waals surface area (Å²) in [5, 5.41) is 9.53. The van der Waals surface area contributed by atoms with Crippen LogP contribution >= 0.6 is 0 Å². The zero-order valence-corrected chi connectivity index (χ0v) is 12.3. The Bertz CT molecular complexity index is 894. The molecule has 0 saturated heterocycles. The van der Waals surface area contributed by atoms with E-state index in [2.05, 4.69) is 6.58 Å². The van der Waals surface area contributed by atoms with Gasteiger partial charge in [-0.2, -0.15) is 0 Å². The number of allylic oxidation sites excluding steroid dienone is 1. The second kappa shape index (κ2) is 4.98. The van der Waals surface area contributed by atoms with E-state index in [9.17, 15) is 14.4 Å². The summed E-state index contributed by atoms with van der Waals surface area (Å²) < 4.78 is 7.20. The van der Waals surface area contributed by atoms with Gasteiger partial charge in [-0.15, -0.1) is 6.58 Å². The van der Waals surface area contributed by atoms with Gasteiger partial charge in [0.1, 0.15) is 5.75 Å². The zero-order chi connectivity index (χ0) is 16.9. The van der Waals surface area contributed by atoms with Crippen molar-refractivity contribution in [3.05, 3.63) is 36.0 Å². The number of carbonyl (C=O) groups is 3. The van der Waals surface area contributed by atoms with Crippen LogP contribution in [0.4, 0.5) is 5.69 Å². The minimum atomic E-state index is -1.84. The van der Waals surface area contributed by atoms with Crippen LogP contribution in [0.5, 0.6) is 5.75 Å². The number of ether oxygens (including phenoxy) is 1. The number of fused-ring (bicyclic) bond motifs is 3. The lowest BCUT2D eigenvalue weighted by atomic mass is 9.97. The number of hydrogen-bond donors (Lipinski definition) is 2. The molecule has 0 fully saturated rings. The van der Waals surface area contributed by atoms with Crippen LogP contribution in [0.25, 0.3) is 10.9 Å². The molecule has 2 heterocycles. The molecule has 118 valence electrons. The summed E-state index contributed by atoms with van der Waals surface area (Å²) >= 11 is 0. The predicted octanol–water partition coefficient (Wildman–Crippen LogP) is 1.32. The van der Waals surface area contributed by atoms with Crippen LogP contribution < -0.4 is 10.5 Å². The van der Waals surface area contributed by atoms with Crippen LogP contribution in [-0.4, -0.2) is 33.3 Å². The van der Waals surface area contributed by atoms with Gasteiger partial charge in [0.15, 0.2) is 0 Å². The summed E-state index contributed by atoms with van der Waals surface area (Å²) in [6, 6.07) is 3.12. The topological polar surface area (TPSA) is 112 Å². The van der Waals surface area contributed by atoms with Gasteiger partial charge in [0, 0.05) is 12.2 Å². The van der Waals surface area contributed by atoms with Gasteiger partial charge < -0.3 is 20.1 Å². The van der Waals surface area contributed by atoms with Crippen LogP contribution in [0.1, 0.15) is 16.1 Å².